The van der Waals surface area contributed by atoms with Crippen molar-refractivity contribution < 1.29 is 14.6 Å². The van der Waals surface area contributed by atoms with Crippen LogP contribution in [0.4, 0.5) is 0 Å². The van der Waals surface area contributed by atoms with Crippen molar-refractivity contribution in [2.24, 2.45) is 0 Å². The molecule has 0 bridgehead atoms. The Labute approximate surface area is 187 Å². The summed E-state index contributed by atoms with van der Waals surface area (Å²) >= 11 is 0. The number of ether oxygens (including phenoxy) is 1. The van der Waals surface area contributed by atoms with Gasteiger partial charge in [0.15, 0.2) is 0 Å². The number of carboxylic acid groups (broad SMARTS) is 1. The first-order valence-electron chi connectivity index (χ1n) is 11.5. The van der Waals surface area contributed by atoms with Gasteiger partial charge in [0.1, 0.15) is 5.75 Å². The van der Waals surface area contributed by atoms with Crippen molar-refractivity contribution in [1.29, 1.82) is 0 Å². The van der Waals surface area contributed by atoms with Gasteiger partial charge in [0.05, 0.1) is 12.7 Å². The van der Waals surface area contributed by atoms with Gasteiger partial charge in [-0.2, -0.15) is 0 Å². The number of H-pyrrole nitrogens is 1. The molecule has 2 unspecified atom stereocenters. The van der Waals surface area contributed by atoms with E-state index in [4.69, 9.17) is 4.74 Å². The van der Waals surface area contributed by atoms with Crippen molar-refractivity contribution in [3.63, 3.8) is 0 Å². The Morgan fingerprint density at radius 1 is 1.28 bits per heavy atom. The highest BCUT2D eigenvalue weighted by Crippen LogP contribution is 2.58. The summed E-state index contributed by atoms with van der Waals surface area (Å²) in [5.74, 6) is 0.0650. The zero-order valence-electron chi connectivity index (χ0n) is 18.6. The molecule has 1 aromatic heterocycles. The van der Waals surface area contributed by atoms with Gasteiger partial charge in [-0.1, -0.05) is 12.1 Å². The van der Waals surface area contributed by atoms with Crippen LogP contribution < -0.4 is 4.74 Å². The van der Waals surface area contributed by atoms with E-state index >= 15 is 0 Å². The van der Waals surface area contributed by atoms with Crippen LogP contribution in [-0.4, -0.2) is 57.6 Å². The molecular formula is C26H29N3O3. The van der Waals surface area contributed by atoms with Crippen LogP contribution in [0.2, 0.25) is 0 Å². The second kappa shape index (κ2) is 7.09. The monoisotopic (exact) mass is 431 g/mol. The molecule has 3 aliphatic rings. The van der Waals surface area contributed by atoms with Crippen LogP contribution >= 0.6 is 0 Å². The molecule has 32 heavy (non-hydrogen) atoms. The fourth-order valence-corrected chi connectivity index (χ4v) is 6.40. The first kappa shape index (κ1) is 19.8. The summed E-state index contributed by atoms with van der Waals surface area (Å²) in [6.45, 7) is 5.10. The molecule has 3 fully saturated rings. The van der Waals surface area contributed by atoms with Crippen molar-refractivity contribution in [2.45, 2.75) is 50.4 Å². The number of benzene rings is 2. The third kappa shape index (κ3) is 2.82. The summed E-state index contributed by atoms with van der Waals surface area (Å²) < 4.78 is 5.85. The number of hydrogen-bond acceptors (Lipinski definition) is 4. The summed E-state index contributed by atoms with van der Waals surface area (Å²) in [5, 5.41) is 10.6. The van der Waals surface area contributed by atoms with Crippen LogP contribution in [0.15, 0.2) is 42.6 Å². The Bertz CT molecular complexity index is 1200. The van der Waals surface area contributed by atoms with Gasteiger partial charge in [-0.3, -0.25) is 9.80 Å². The Balaban J connectivity index is 1.42. The molecule has 1 spiro atoms. The number of fused-ring (bicyclic) bond motifs is 1. The largest absolute Gasteiger partial charge is 0.496 e. The van der Waals surface area contributed by atoms with Crippen LogP contribution in [0.5, 0.6) is 5.75 Å². The lowest BCUT2D eigenvalue weighted by molar-refractivity contribution is 0.0423. The van der Waals surface area contributed by atoms with E-state index in [2.05, 4.69) is 33.8 Å². The Morgan fingerprint density at radius 2 is 2.09 bits per heavy atom. The van der Waals surface area contributed by atoms with E-state index in [-0.39, 0.29) is 6.04 Å². The normalized spacial score (nSPS) is 27.3. The highest BCUT2D eigenvalue weighted by atomic mass is 16.5. The number of rotatable bonds is 5. The number of aromatic amines is 1. The predicted octanol–water partition coefficient (Wildman–Crippen LogP) is 4.35. The fourth-order valence-electron chi connectivity index (χ4n) is 6.40. The molecule has 0 radical (unpaired) electrons. The van der Waals surface area contributed by atoms with Gasteiger partial charge in [-0.25, -0.2) is 4.79 Å². The molecule has 2 N–H and O–H groups in total. The first-order chi connectivity index (χ1) is 15.5. The number of nitrogens with zero attached hydrogens (tertiary/aromatic N) is 2. The number of piperazine rings is 1. The second-order valence-electron chi connectivity index (χ2n) is 9.63. The maximum atomic E-state index is 11.4. The number of aromatic nitrogens is 1. The molecule has 3 aromatic rings. The maximum absolute atomic E-state index is 11.4. The lowest BCUT2D eigenvalue weighted by atomic mass is 9.96. The summed E-state index contributed by atoms with van der Waals surface area (Å²) in [6.07, 6.45) is 5.78. The topological polar surface area (TPSA) is 68.8 Å². The van der Waals surface area contributed by atoms with Gasteiger partial charge in [0.2, 0.25) is 0 Å². The minimum Gasteiger partial charge on any atom is -0.496 e. The number of carboxylic acids is 1. The van der Waals surface area contributed by atoms with Gasteiger partial charge in [0.25, 0.3) is 0 Å². The molecule has 3 heterocycles. The number of nitrogens with one attached hydrogen (secondary N) is 1. The van der Waals surface area contributed by atoms with Crippen LogP contribution in [-0.2, 0) is 6.54 Å². The van der Waals surface area contributed by atoms with E-state index in [1.807, 2.05) is 18.3 Å². The van der Waals surface area contributed by atoms with E-state index in [0.29, 0.717) is 17.1 Å². The van der Waals surface area contributed by atoms with Gasteiger partial charge >= 0.3 is 5.97 Å². The van der Waals surface area contributed by atoms with Crippen molar-refractivity contribution in [2.75, 3.05) is 20.2 Å². The Kier molecular flexibility index (Phi) is 4.39. The predicted molar refractivity (Wildman–Crippen MR) is 123 cm³/mol. The van der Waals surface area contributed by atoms with E-state index in [1.54, 1.807) is 19.2 Å². The van der Waals surface area contributed by atoms with E-state index in [0.717, 1.165) is 18.8 Å². The van der Waals surface area contributed by atoms with E-state index in [9.17, 15) is 9.90 Å². The van der Waals surface area contributed by atoms with Crippen molar-refractivity contribution in [1.82, 2.24) is 14.8 Å². The smallest absolute Gasteiger partial charge is 0.335 e. The Hall–Kier alpha value is -2.83. The molecule has 1 saturated carbocycles. The highest BCUT2D eigenvalue weighted by molar-refractivity contribution is 5.88. The fraction of sp³-hybridized carbons (Fsp3) is 0.423. The quantitative estimate of drug-likeness (QED) is 0.629. The van der Waals surface area contributed by atoms with Crippen LogP contribution in [0.3, 0.4) is 0 Å². The molecule has 6 nitrogen and oxygen atoms in total. The lowest BCUT2D eigenvalue weighted by Gasteiger charge is -2.43. The molecule has 6 rings (SSSR count). The maximum Gasteiger partial charge on any atom is 0.335 e. The molecule has 2 aromatic carbocycles. The minimum absolute atomic E-state index is 0.233. The van der Waals surface area contributed by atoms with Crippen molar-refractivity contribution in [3.05, 3.63) is 64.8 Å². The Morgan fingerprint density at radius 3 is 2.84 bits per heavy atom. The zero-order valence-corrected chi connectivity index (χ0v) is 18.6. The summed E-state index contributed by atoms with van der Waals surface area (Å²) in [5.41, 5.74) is 5.47. The molecule has 6 heteroatoms. The number of hydrogen-bond donors (Lipinski definition) is 2. The number of aryl methyl sites for hydroxylation is 1. The molecule has 166 valence electrons. The van der Waals surface area contributed by atoms with Crippen LogP contribution in [0, 0.1) is 6.92 Å². The first-order valence-corrected chi connectivity index (χ1v) is 11.5. The average Bonchev–Trinajstić information content (AvgIpc) is 3.12. The number of carbonyl (C=O) groups is 1. The molecule has 2 saturated heterocycles. The van der Waals surface area contributed by atoms with E-state index in [1.165, 1.54) is 53.4 Å². The van der Waals surface area contributed by atoms with Crippen LogP contribution in [0.25, 0.3) is 10.9 Å². The van der Waals surface area contributed by atoms with Gasteiger partial charge in [-0.05, 0) is 68.1 Å². The van der Waals surface area contributed by atoms with Gasteiger partial charge in [-0.15, -0.1) is 0 Å². The third-order valence-electron chi connectivity index (χ3n) is 8.08. The number of methoxy groups -OCH3 is 1. The summed E-state index contributed by atoms with van der Waals surface area (Å²) in [6, 6.07) is 12.6. The number of aromatic carboxylic acids is 1. The standard InChI is InChI=1S/C26H29N3O3/c1-16-12-22(32-2)20(19-8-10-27-24(16)19)14-29-21(17-4-6-18(7-5-17)25(30)31)15-28-11-3-9-26(28)13-23(26)29/h4-8,10,12,21,23,27H,3,9,11,13-15H2,1-2H3,(H,30,31)/t21-,23?,26?/m0/s1. The second-order valence-corrected chi connectivity index (χ2v) is 9.63. The van der Waals surface area contributed by atoms with Gasteiger partial charge in [0, 0.05) is 53.4 Å². The van der Waals surface area contributed by atoms with Gasteiger partial charge < -0.3 is 14.8 Å². The third-order valence-corrected chi connectivity index (χ3v) is 8.08. The highest BCUT2D eigenvalue weighted by Gasteiger charge is 2.66. The van der Waals surface area contributed by atoms with Crippen molar-refractivity contribution >= 4 is 16.9 Å². The zero-order chi connectivity index (χ0) is 22.0. The average molecular weight is 432 g/mol. The molecule has 0 amide bonds. The van der Waals surface area contributed by atoms with Crippen molar-refractivity contribution in [3.8, 4) is 5.75 Å². The van der Waals surface area contributed by atoms with Crippen LogP contribution in [0.1, 0.15) is 52.4 Å². The summed E-state index contributed by atoms with van der Waals surface area (Å²) in [4.78, 5) is 20.1. The molecule has 2 aliphatic heterocycles. The summed E-state index contributed by atoms with van der Waals surface area (Å²) in [7, 11) is 1.76. The lowest BCUT2D eigenvalue weighted by Crippen LogP contribution is -2.51. The SMILES string of the molecule is COc1cc(C)c2[nH]ccc2c1CN1C2CC23CCCN3C[C@H]1c1ccc(C(=O)O)cc1. The minimum atomic E-state index is -0.878. The molecule has 3 atom stereocenters. The van der Waals surface area contributed by atoms with E-state index < -0.39 is 5.97 Å². The molecule has 1 aliphatic carbocycles. The molecular weight excluding hydrogens is 402 g/mol.